The Balaban J connectivity index is 1.50. The van der Waals surface area contributed by atoms with Crippen molar-refractivity contribution in [2.45, 2.75) is 24.8 Å². The molecule has 2 aromatic heterocycles. The van der Waals surface area contributed by atoms with Gasteiger partial charge in [-0.3, -0.25) is 4.79 Å². The fourth-order valence-corrected chi connectivity index (χ4v) is 4.16. The first-order chi connectivity index (χ1) is 12.2. The van der Waals surface area contributed by atoms with Crippen molar-refractivity contribution in [1.82, 2.24) is 15.3 Å². The van der Waals surface area contributed by atoms with E-state index in [0.29, 0.717) is 18.7 Å². The monoisotopic (exact) mass is 375 g/mol. The zero-order valence-corrected chi connectivity index (χ0v) is 15.4. The number of hydrogen-bond acceptors (Lipinski definition) is 5. The molecule has 0 unspecified atom stereocenters. The molecule has 4 nitrogen and oxygen atoms in total. The number of aryl methyl sites for hydroxylation is 1. The average molecular weight is 375 g/mol. The van der Waals surface area contributed by atoms with Crippen molar-refractivity contribution < 1.29 is 9.18 Å². The van der Waals surface area contributed by atoms with E-state index < -0.39 is 0 Å². The van der Waals surface area contributed by atoms with Crippen molar-refractivity contribution in [3.8, 4) is 0 Å². The van der Waals surface area contributed by atoms with Crippen LogP contribution in [0.2, 0.25) is 0 Å². The number of halogens is 1. The third-order valence-corrected chi connectivity index (χ3v) is 5.87. The molecule has 0 bridgehead atoms. The van der Waals surface area contributed by atoms with Crippen LogP contribution in [0.1, 0.15) is 17.4 Å². The number of benzene rings is 1. The second-order valence-electron chi connectivity index (χ2n) is 5.48. The van der Waals surface area contributed by atoms with Crippen LogP contribution in [0.15, 0.2) is 41.7 Å². The number of thioether (sulfide) groups is 1. The maximum atomic E-state index is 12.9. The highest BCUT2D eigenvalue weighted by Crippen LogP contribution is 2.30. The molecule has 0 radical (unpaired) electrons. The van der Waals surface area contributed by atoms with E-state index in [1.54, 1.807) is 29.8 Å². The van der Waals surface area contributed by atoms with Gasteiger partial charge in [0, 0.05) is 16.8 Å². The topological polar surface area (TPSA) is 54.9 Å². The third kappa shape index (κ3) is 4.76. The summed E-state index contributed by atoms with van der Waals surface area (Å²) in [5.74, 6) is 0.0251. The maximum absolute atomic E-state index is 12.9. The van der Waals surface area contributed by atoms with Crippen molar-refractivity contribution >= 4 is 39.2 Å². The molecule has 3 rings (SSSR count). The number of amides is 1. The first kappa shape index (κ1) is 17.8. The van der Waals surface area contributed by atoms with Gasteiger partial charge in [0.05, 0.1) is 5.75 Å². The van der Waals surface area contributed by atoms with Gasteiger partial charge < -0.3 is 5.32 Å². The molecule has 0 saturated heterocycles. The maximum Gasteiger partial charge on any atom is 0.230 e. The van der Waals surface area contributed by atoms with Crippen LogP contribution in [-0.4, -0.2) is 28.2 Å². The van der Waals surface area contributed by atoms with Crippen molar-refractivity contribution in [1.29, 1.82) is 0 Å². The lowest BCUT2D eigenvalue weighted by Crippen LogP contribution is -2.27. The minimum absolute atomic E-state index is 0.0372. The van der Waals surface area contributed by atoms with Gasteiger partial charge in [-0.25, -0.2) is 14.4 Å². The number of aromatic nitrogens is 2. The minimum atomic E-state index is -0.250. The number of carbonyl (C=O) groups excluding carboxylic acids is 1. The van der Waals surface area contributed by atoms with E-state index in [4.69, 9.17) is 0 Å². The van der Waals surface area contributed by atoms with E-state index in [1.807, 2.05) is 0 Å². The van der Waals surface area contributed by atoms with Crippen LogP contribution in [0.3, 0.4) is 0 Å². The molecule has 1 aromatic carbocycles. The number of thiophene rings is 1. The number of fused-ring (bicyclic) bond motifs is 1. The lowest BCUT2D eigenvalue weighted by molar-refractivity contribution is -0.118. The Morgan fingerprint density at radius 3 is 2.84 bits per heavy atom. The van der Waals surface area contributed by atoms with Crippen LogP contribution in [0, 0.1) is 5.82 Å². The first-order valence-electron chi connectivity index (χ1n) is 8.03. The number of nitrogens with one attached hydrogen (secondary N) is 1. The van der Waals surface area contributed by atoms with Crippen molar-refractivity contribution in [2.75, 3.05) is 12.3 Å². The summed E-state index contributed by atoms with van der Waals surface area (Å²) in [5, 5.41) is 4.75. The Morgan fingerprint density at radius 1 is 1.28 bits per heavy atom. The molecule has 2 heterocycles. The van der Waals surface area contributed by atoms with Crippen molar-refractivity contribution in [3.63, 3.8) is 0 Å². The molecule has 7 heteroatoms. The third-order valence-electron chi connectivity index (χ3n) is 3.68. The van der Waals surface area contributed by atoms with Gasteiger partial charge in [-0.05, 0) is 36.6 Å². The Kier molecular flexibility index (Phi) is 5.99. The van der Waals surface area contributed by atoms with Crippen molar-refractivity contribution in [3.05, 3.63) is 52.9 Å². The summed E-state index contributed by atoms with van der Waals surface area (Å²) in [5.41, 5.74) is 0.997. The van der Waals surface area contributed by atoms with Crippen LogP contribution in [-0.2, 0) is 17.6 Å². The van der Waals surface area contributed by atoms with Crippen LogP contribution in [0.25, 0.3) is 10.2 Å². The van der Waals surface area contributed by atoms with Crippen LogP contribution < -0.4 is 5.32 Å². The zero-order valence-electron chi connectivity index (χ0n) is 13.8. The molecule has 0 saturated carbocycles. The zero-order chi connectivity index (χ0) is 17.6. The van der Waals surface area contributed by atoms with E-state index in [1.165, 1.54) is 28.8 Å². The molecule has 1 N–H and O–H groups in total. The first-order valence-corrected chi connectivity index (χ1v) is 9.83. The Labute approximate surface area is 153 Å². The van der Waals surface area contributed by atoms with Gasteiger partial charge in [0.25, 0.3) is 0 Å². The molecule has 0 aliphatic heterocycles. The second-order valence-corrected chi connectivity index (χ2v) is 7.56. The normalized spacial score (nSPS) is 11.0. The van der Waals surface area contributed by atoms with E-state index in [2.05, 4.69) is 28.3 Å². The van der Waals surface area contributed by atoms with Crippen LogP contribution >= 0.6 is 23.1 Å². The lowest BCUT2D eigenvalue weighted by Gasteiger charge is -2.05. The fourth-order valence-electron chi connectivity index (χ4n) is 2.36. The molecule has 25 heavy (non-hydrogen) atoms. The summed E-state index contributed by atoms with van der Waals surface area (Å²) in [6.07, 6.45) is 3.20. The SMILES string of the molecule is CCc1cc2c(SCC(=O)NCCc3ccc(F)cc3)ncnc2s1. The van der Waals surface area contributed by atoms with Gasteiger partial charge in [-0.2, -0.15) is 0 Å². The lowest BCUT2D eigenvalue weighted by atomic mass is 10.1. The fraction of sp³-hybridized carbons (Fsp3) is 0.278. The summed E-state index contributed by atoms with van der Waals surface area (Å²) in [7, 11) is 0. The molecule has 0 fully saturated rings. The van der Waals surface area contributed by atoms with Gasteiger partial charge in [-0.15, -0.1) is 11.3 Å². The van der Waals surface area contributed by atoms with E-state index in [0.717, 1.165) is 27.2 Å². The van der Waals surface area contributed by atoms with Gasteiger partial charge in [0.15, 0.2) is 0 Å². The standard InChI is InChI=1S/C18H18FN3OS2/c1-2-14-9-15-17(21-11-22-18(15)25-14)24-10-16(23)20-8-7-12-3-5-13(19)6-4-12/h3-6,9,11H,2,7-8,10H2,1H3,(H,20,23). The molecule has 0 spiro atoms. The molecule has 130 valence electrons. The summed E-state index contributed by atoms with van der Waals surface area (Å²) in [6.45, 7) is 2.64. The van der Waals surface area contributed by atoms with Crippen LogP contribution in [0.4, 0.5) is 4.39 Å². The van der Waals surface area contributed by atoms with Gasteiger partial charge in [-0.1, -0.05) is 30.8 Å². The number of nitrogens with zero attached hydrogens (tertiary/aromatic N) is 2. The summed E-state index contributed by atoms with van der Waals surface area (Å²) < 4.78 is 12.9. The average Bonchev–Trinajstić information content (AvgIpc) is 3.05. The molecule has 0 atom stereocenters. The highest BCUT2D eigenvalue weighted by Gasteiger charge is 2.10. The number of rotatable bonds is 7. The van der Waals surface area contributed by atoms with Gasteiger partial charge in [0.2, 0.25) is 5.91 Å². The van der Waals surface area contributed by atoms with E-state index >= 15 is 0 Å². The van der Waals surface area contributed by atoms with E-state index in [-0.39, 0.29) is 11.7 Å². The molecular formula is C18H18FN3OS2. The van der Waals surface area contributed by atoms with Crippen LogP contribution in [0.5, 0.6) is 0 Å². The quantitative estimate of drug-likeness (QED) is 0.503. The van der Waals surface area contributed by atoms with Gasteiger partial charge in [0.1, 0.15) is 22.0 Å². The molecule has 0 aliphatic rings. The Hall–Kier alpha value is -1.99. The molecular weight excluding hydrogens is 357 g/mol. The largest absolute Gasteiger partial charge is 0.355 e. The molecule has 0 aliphatic carbocycles. The molecule has 3 aromatic rings. The highest BCUT2D eigenvalue weighted by atomic mass is 32.2. The van der Waals surface area contributed by atoms with E-state index in [9.17, 15) is 9.18 Å². The summed E-state index contributed by atoms with van der Waals surface area (Å²) in [4.78, 5) is 22.9. The Bertz CT molecular complexity index is 864. The smallest absolute Gasteiger partial charge is 0.230 e. The predicted molar refractivity (Wildman–Crippen MR) is 101 cm³/mol. The minimum Gasteiger partial charge on any atom is -0.355 e. The molecule has 1 amide bonds. The Morgan fingerprint density at radius 2 is 2.08 bits per heavy atom. The number of carbonyl (C=O) groups is 1. The second kappa shape index (κ2) is 8.40. The predicted octanol–water partition coefficient (Wildman–Crippen LogP) is 3.84. The van der Waals surface area contributed by atoms with Crippen molar-refractivity contribution in [2.24, 2.45) is 0 Å². The summed E-state index contributed by atoms with van der Waals surface area (Å²) >= 11 is 3.09. The number of hydrogen-bond donors (Lipinski definition) is 1. The summed E-state index contributed by atoms with van der Waals surface area (Å²) in [6, 6.07) is 8.43. The highest BCUT2D eigenvalue weighted by molar-refractivity contribution is 8.00. The van der Waals surface area contributed by atoms with Gasteiger partial charge >= 0.3 is 0 Å².